The number of carbonyl (C=O) groups excluding carboxylic acids is 1. The van der Waals surface area contributed by atoms with E-state index in [0.717, 1.165) is 19.3 Å². The van der Waals surface area contributed by atoms with Crippen molar-refractivity contribution in [3.05, 3.63) is 24.3 Å². The van der Waals surface area contributed by atoms with Gasteiger partial charge in [-0.1, -0.05) is 39.0 Å². The summed E-state index contributed by atoms with van der Waals surface area (Å²) in [6, 6.07) is 0. The topological polar surface area (TPSA) is 17.1 Å². The van der Waals surface area contributed by atoms with E-state index in [1.807, 2.05) is 0 Å². The van der Waals surface area contributed by atoms with Gasteiger partial charge in [-0.15, -0.1) is 0 Å². The van der Waals surface area contributed by atoms with Crippen LogP contribution in [0.5, 0.6) is 0 Å². The zero-order chi connectivity index (χ0) is 11.5. The summed E-state index contributed by atoms with van der Waals surface area (Å²) in [5, 5.41) is 0. The van der Waals surface area contributed by atoms with Crippen molar-refractivity contribution < 1.29 is 4.79 Å². The quantitative estimate of drug-likeness (QED) is 0.505. The summed E-state index contributed by atoms with van der Waals surface area (Å²) in [7, 11) is 0. The minimum atomic E-state index is 0.190. The average molecular weight is 206 g/mol. The maximum Gasteiger partial charge on any atom is 0.155 e. The highest BCUT2D eigenvalue weighted by Gasteiger charge is 2.24. The maximum atomic E-state index is 11.3. The zero-order valence-electron chi connectivity index (χ0n) is 10.2. The van der Waals surface area contributed by atoms with Gasteiger partial charge in [-0.3, -0.25) is 4.79 Å². The standard InChI is InChI=1S/C14H22O/c1-5-13(15)10-11-7-6-8-12(9-11)14(2,3)4/h5,8,11H,1,6-7,9-10H2,2-4H3. The number of hydrogen-bond donors (Lipinski definition) is 0. The van der Waals surface area contributed by atoms with E-state index in [2.05, 4.69) is 33.4 Å². The van der Waals surface area contributed by atoms with Crippen LogP contribution < -0.4 is 0 Å². The fourth-order valence-corrected chi connectivity index (χ4v) is 2.14. The second-order valence-electron chi connectivity index (χ2n) is 5.50. The summed E-state index contributed by atoms with van der Waals surface area (Å²) in [4.78, 5) is 11.3. The smallest absolute Gasteiger partial charge is 0.155 e. The van der Waals surface area contributed by atoms with Crippen LogP contribution in [0.2, 0.25) is 0 Å². The summed E-state index contributed by atoms with van der Waals surface area (Å²) in [6.07, 6.45) is 7.85. The van der Waals surface area contributed by atoms with Crippen molar-refractivity contribution in [1.82, 2.24) is 0 Å². The first-order valence-electron chi connectivity index (χ1n) is 5.78. The molecular formula is C14H22O. The Labute approximate surface area is 93.3 Å². The molecule has 15 heavy (non-hydrogen) atoms. The lowest BCUT2D eigenvalue weighted by atomic mass is 9.75. The molecule has 0 spiro atoms. The highest BCUT2D eigenvalue weighted by molar-refractivity contribution is 5.89. The zero-order valence-corrected chi connectivity index (χ0v) is 10.2. The Balaban J connectivity index is 2.58. The van der Waals surface area contributed by atoms with E-state index >= 15 is 0 Å². The highest BCUT2D eigenvalue weighted by Crippen LogP contribution is 2.37. The lowest BCUT2D eigenvalue weighted by Gasteiger charge is -2.30. The Morgan fingerprint density at radius 3 is 2.80 bits per heavy atom. The molecule has 1 rings (SSSR count). The molecule has 0 aromatic rings. The molecule has 1 aliphatic rings. The monoisotopic (exact) mass is 206 g/mol. The van der Waals surface area contributed by atoms with Gasteiger partial charge in [0.2, 0.25) is 0 Å². The van der Waals surface area contributed by atoms with Crippen LogP contribution in [0.25, 0.3) is 0 Å². The van der Waals surface area contributed by atoms with Crippen LogP contribution in [0.4, 0.5) is 0 Å². The van der Waals surface area contributed by atoms with Crippen molar-refractivity contribution in [2.45, 2.75) is 46.5 Å². The third-order valence-electron chi connectivity index (χ3n) is 3.16. The summed E-state index contributed by atoms with van der Waals surface area (Å²) < 4.78 is 0. The Morgan fingerprint density at radius 2 is 2.27 bits per heavy atom. The first-order chi connectivity index (χ1) is 6.93. The van der Waals surface area contributed by atoms with Crippen molar-refractivity contribution in [1.29, 1.82) is 0 Å². The van der Waals surface area contributed by atoms with E-state index in [4.69, 9.17) is 0 Å². The third kappa shape index (κ3) is 3.65. The van der Waals surface area contributed by atoms with E-state index in [0.29, 0.717) is 12.3 Å². The predicted octanol–water partition coefficient (Wildman–Crippen LogP) is 3.90. The molecule has 84 valence electrons. The second kappa shape index (κ2) is 4.78. The average Bonchev–Trinajstić information content (AvgIpc) is 2.17. The minimum Gasteiger partial charge on any atom is -0.295 e. The van der Waals surface area contributed by atoms with Crippen molar-refractivity contribution >= 4 is 5.78 Å². The molecule has 1 nitrogen and oxygen atoms in total. The molecule has 1 heteroatoms. The van der Waals surface area contributed by atoms with E-state index in [1.54, 1.807) is 0 Å². The van der Waals surface area contributed by atoms with Crippen molar-refractivity contribution in [3.63, 3.8) is 0 Å². The summed E-state index contributed by atoms with van der Waals surface area (Å²) >= 11 is 0. The van der Waals surface area contributed by atoms with Crippen LogP contribution in [0.15, 0.2) is 24.3 Å². The van der Waals surface area contributed by atoms with Gasteiger partial charge in [0.05, 0.1) is 0 Å². The molecule has 0 N–H and O–H groups in total. The van der Waals surface area contributed by atoms with Gasteiger partial charge < -0.3 is 0 Å². The number of ketones is 1. The second-order valence-corrected chi connectivity index (χ2v) is 5.50. The number of rotatable bonds is 3. The van der Waals surface area contributed by atoms with Crippen molar-refractivity contribution in [2.75, 3.05) is 0 Å². The van der Waals surface area contributed by atoms with E-state index in [1.165, 1.54) is 11.6 Å². The Morgan fingerprint density at radius 1 is 1.60 bits per heavy atom. The SMILES string of the molecule is C=CC(=O)CC1CCC=C(C(C)(C)C)C1. The number of carbonyl (C=O) groups is 1. The molecule has 1 aliphatic carbocycles. The van der Waals surface area contributed by atoms with Crippen molar-refractivity contribution in [3.8, 4) is 0 Å². The molecule has 1 atom stereocenters. The molecule has 0 aromatic carbocycles. The van der Waals surface area contributed by atoms with Gasteiger partial charge >= 0.3 is 0 Å². The lowest BCUT2D eigenvalue weighted by molar-refractivity contribution is -0.115. The van der Waals surface area contributed by atoms with Gasteiger partial charge in [-0.2, -0.15) is 0 Å². The van der Waals surface area contributed by atoms with Gasteiger partial charge in [-0.05, 0) is 36.7 Å². The predicted molar refractivity (Wildman–Crippen MR) is 64.7 cm³/mol. The van der Waals surface area contributed by atoms with E-state index in [-0.39, 0.29) is 11.2 Å². The lowest BCUT2D eigenvalue weighted by Crippen LogP contribution is -2.18. The van der Waals surface area contributed by atoms with Gasteiger partial charge in [-0.25, -0.2) is 0 Å². The summed E-state index contributed by atoms with van der Waals surface area (Å²) in [6.45, 7) is 10.3. The number of allylic oxidation sites excluding steroid dienone is 3. The minimum absolute atomic E-state index is 0.190. The van der Waals surface area contributed by atoms with Gasteiger partial charge in [0.15, 0.2) is 5.78 Å². The Hall–Kier alpha value is -0.850. The van der Waals surface area contributed by atoms with Crippen LogP contribution in [0.1, 0.15) is 46.5 Å². The fourth-order valence-electron chi connectivity index (χ4n) is 2.14. The van der Waals surface area contributed by atoms with Gasteiger partial charge in [0.25, 0.3) is 0 Å². The molecule has 0 fully saturated rings. The summed E-state index contributed by atoms with van der Waals surface area (Å²) in [5.74, 6) is 0.727. The molecule has 0 amide bonds. The molecule has 0 radical (unpaired) electrons. The van der Waals surface area contributed by atoms with Crippen LogP contribution in [-0.4, -0.2) is 5.78 Å². The molecular weight excluding hydrogens is 184 g/mol. The van der Waals surface area contributed by atoms with Crippen LogP contribution in [-0.2, 0) is 4.79 Å². The molecule has 0 bridgehead atoms. The molecule has 0 saturated carbocycles. The van der Waals surface area contributed by atoms with Gasteiger partial charge in [0, 0.05) is 6.42 Å². The van der Waals surface area contributed by atoms with E-state index in [9.17, 15) is 4.79 Å². The first-order valence-corrected chi connectivity index (χ1v) is 5.78. The van der Waals surface area contributed by atoms with Crippen LogP contribution in [0.3, 0.4) is 0 Å². The number of hydrogen-bond acceptors (Lipinski definition) is 1. The summed E-state index contributed by atoms with van der Waals surface area (Å²) in [5.41, 5.74) is 1.77. The Bertz CT molecular complexity index is 278. The normalized spacial score (nSPS) is 22.1. The molecule has 0 heterocycles. The highest BCUT2D eigenvalue weighted by atomic mass is 16.1. The first kappa shape index (κ1) is 12.2. The van der Waals surface area contributed by atoms with Crippen LogP contribution >= 0.6 is 0 Å². The van der Waals surface area contributed by atoms with Crippen molar-refractivity contribution in [2.24, 2.45) is 11.3 Å². The fraction of sp³-hybridized carbons (Fsp3) is 0.643. The maximum absolute atomic E-state index is 11.3. The molecule has 0 aliphatic heterocycles. The van der Waals surface area contributed by atoms with E-state index < -0.39 is 0 Å². The molecule has 0 saturated heterocycles. The third-order valence-corrected chi connectivity index (χ3v) is 3.16. The largest absolute Gasteiger partial charge is 0.295 e. The Kier molecular flexibility index (Phi) is 3.90. The van der Waals surface area contributed by atoms with Gasteiger partial charge in [0.1, 0.15) is 0 Å². The molecule has 1 unspecified atom stereocenters. The van der Waals surface area contributed by atoms with Crippen LogP contribution in [0, 0.1) is 11.3 Å². The molecule has 0 aromatic heterocycles.